The van der Waals surface area contributed by atoms with Crippen LogP contribution in [0.3, 0.4) is 0 Å². The monoisotopic (exact) mass is 596 g/mol. The maximum absolute atomic E-state index is 8.56. The van der Waals surface area contributed by atoms with Gasteiger partial charge in [0.25, 0.3) is 0 Å². The third kappa shape index (κ3) is 124. The molecule has 0 amide bonds. The van der Waals surface area contributed by atoms with Gasteiger partial charge >= 0.3 is 6.16 Å². The van der Waals surface area contributed by atoms with Gasteiger partial charge in [0.15, 0.2) is 0 Å². The molecular formula is C11H22Au2O3-4. The van der Waals surface area contributed by atoms with E-state index in [9.17, 15) is 0 Å². The summed E-state index contributed by atoms with van der Waals surface area (Å²) in [7, 11) is 0. The molecule has 0 fully saturated rings. The Morgan fingerprint density at radius 2 is 0.875 bits per heavy atom. The van der Waals surface area contributed by atoms with E-state index in [2.05, 4.69) is 27.7 Å². The van der Waals surface area contributed by atoms with Gasteiger partial charge in [-0.15, -0.1) is 12.8 Å². The zero-order valence-electron chi connectivity index (χ0n) is 9.48. The van der Waals surface area contributed by atoms with Crippen LogP contribution in [0.4, 0.5) is 4.79 Å². The number of hydrogen-bond donors (Lipinski definition) is 2. The molecule has 0 aliphatic rings. The fourth-order valence-electron chi connectivity index (χ4n) is 0.354. The van der Waals surface area contributed by atoms with Crippen molar-refractivity contribution < 1.29 is 59.8 Å². The summed E-state index contributed by atoms with van der Waals surface area (Å²) < 4.78 is 0. The second-order valence-electron chi connectivity index (χ2n) is 2.40. The van der Waals surface area contributed by atoms with Gasteiger partial charge in [-0.05, 0) is 0 Å². The van der Waals surface area contributed by atoms with Crippen molar-refractivity contribution in [3.8, 4) is 0 Å². The van der Waals surface area contributed by atoms with Crippen LogP contribution in [0.5, 0.6) is 0 Å². The van der Waals surface area contributed by atoms with E-state index in [1.54, 1.807) is 0 Å². The first-order chi connectivity index (χ1) is 6.56. The zero-order valence-corrected chi connectivity index (χ0v) is 13.8. The van der Waals surface area contributed by atoms with Crippen LogP contribution in [0, 0.1) is 27.7 Å². The molecule has 0 saturated carbocycles. The molecule has 0 aliphatic heterocycles. The van der Waals surface area contributed by atoms with Crippen molar-refractivity contribution >= 4 is 6.16 Å². The molecule has 2 N–H and O–H groups in total. The Hall–Kier alpha value is 0.751. The van der Waals surface area contributed by atoms with Crippen LogP contribution in [-0.2, 0) is 44.8 Å². The Kier molecular flexibility index (Phi) is 67.8. The van der Waals surface area contributed by atoms with Crippen LogP contribution < -0.4 is 0 Å². The van der Waals surface area contributed by atoms with Crippen LogP contribution in [0.25, 0.3) is 0 Å². The van der Waals surface area contributed by atoms with E-state index >= 15 is 0 Å². The summed E-state index contributed by atoms with van der Waals surface area (Å²) >= 11 is 0. The number of rotatable bonds is 4. The Labute approximate surface area is 131 Å². The minimum absolute atomic E-state index is 0. The first-order valence-corrected chi connectivity index (χ1v) is 4.65. The van der Waals surface area contributed by atoms with Crippen molar-refractivity contribution in [2.24, 2.45) is 0 Å². The summed E-state index contributed by atoms with van der Waals surface area (Å²) in [5.41, 5.74) is 0. The van der Waals surface area contributed by atoms with Crippen LogP contribution in [0.1, 0.15) is 38.5 Å². The van der Waals surface area contributed by atoms with Gasteiger partial charge < -0.3 is 37.9 Å². The van der Waals surface area contributed by atoms with Gasteiger partial charge in [-0.3, -0.25) is 0 Å². The van der Waals surface area contributed by atoms with Crippen molar-refractivity contribution in [3.63, 3.8) is 0 Å². The van der Waals surface area contributed by atoms with E-state index < -0.39 is 6.16 Å². The molecule has 0 aromatic carbocycles. The second kappa shape index (κ2) is 36.0. The summed E-state index contributed by atoms with van der Waals surface area (Å²) in [5.74, 6) is 0. The quantitative estimate of drug-likeness (QED) is 0.383. The number of hydrogen-bond acceptors (Lipinski definition) is 1. The molecule has 2 radical (unpaired) electrons. The molecule has 110 valence electrons. The maximum Gasteiger partial charge on any atom is 0.503 e. The van der Waals surface area contributed by atoms with E-state index in [1.807, 2.05) is 0 Å². The number of carboxylic acid groups (broad SMARTS) is 2. The van der Waals surface area contributed by atoms with Gasteiger partial charge in [0.2, 0.25) is 0 Å². The van der Waals surface area contributed by atoms with E-state index in [-0.39, 0.29) is 44.8 Å². The van der Waals surface area contributed by atoms with E-state index in [0.717, 1.165) is 25.7 Å². The molecular weight excluding hydrogens is 574 g/mol. The molecule has 5 heteroatoms. The summed E-state index contributed by atoms with van der Waals surface area (Å²) in [4.78, 5) is 8.56. The standard InChI is InChI=1S/2C5H10.CH2O3.2Au/c2*1-3-5-4-2;2-1(3)4;;/h2*1-5H2;(H2,2,3,4);;/q2*-2;;;. The molecule has 16 heavy (non-hydrogen) atoms. The Morgan fingerprint density at radius 3 is 0.875 bits per heavy atom. The number of carbonyl (C=O) groups is 1. The summed E-state index contributed by atoms with van der Waals surface area (Å²) in [6.07, 6.45) is 4.62. The molecule has 0 heterocycles. The summed E-state index contributed by atoms with van der Waals surface area (Å²) in [5, 5.41) is 13.9. The SMILES string of the molecule is O=C(O)O.[Au].[Au].[CH2-]CCC[CH2-].[CH2-]CCC[CH2-]. The van der Waals surface area contributed by atoms with Gasteiger partial charge in [0.05, 0.1) is 0 Å². The number of unbranched alkanes of at least 4 members (excludes halogenated alkanes) is 4. The molecule has 0 bridgehead atoms. The average Bonchev–Trinajstić information content (AvgIpc) is 2.07. The second-order valence-corrected chi connectivity index (χ2v) is 2.40. The Balaban J connectivity index is -0.0000000358. The van der Waals surface area contributed by atoms with E-state index in [4.69, 9.17) is 15.0 Å². The van der Waals surface area contributed by atoms with Crippen molar-refractivity contribution in [2.45, 2.75) is 38.5 Å². The molecule has 0 saturated heterocycles. The normalized spacial score (nSPS) is 6.75. The van der Waals surface area contributed by atoms with Gasteiger partial charge in [-0.2, -0.15) is 25.7 Å². The third-order valence-electron chi connectivity index (χ3n) is 1.000. The fourth-order valence-corrected chi connectivity index (χ4v) is 0.354. The van der Waals surface area contributed by atoms with Crippen molar-refractivity contribution in [3.05, 3.63) is 27.7 Å². The van der Waals surface area contributed by atoms with Crippen molar-refractivity contribution in [2.75, 3.05) is 0 Å². The third-order valence-corrected chi connectivity index (χ3v) is 1.000. The average molecular weight is 596 g/mol. The van der Waals surface area contributed by atoms with Gasteiger partial charge in [-0.25, -0.2) is 4.79 Å². The molecule has 0 rings (SSSR count). The fraction of sp³-hybridized carbons (Fsp3) is 0.545. The topological polar surface area (TPSA) is 57.5 Å². The predicted molar refractivity (Wildman–Crippen MR) is 59.8 cm³/mol. The predicted octanol–water partition coefficient (Wildman–Crippen LogP) is 3.87. The minimum atomic E-state index is -1.83. The van der Waals surface area contributed by atoms with Gasteiger partial charge in [-0.1, -0.05) is 0 Å². The van der Waals surface area contributed by atoms with Crippen molar-refractivity contribution in [1.29, 1.82) is 0 Å². The van der Waals surface area contributed by atoms with E-state index in [0.29, 0.717) is 0 Å². The minimum Gasteiger partial charge on any atom is -0.450 e. The summed E-state index contributed by atoms with van der Waals surface area (Å²) in [6, 6.07) is 0. The van der Waals surface area contributed by atoms with Crippen LogP contribution in [0.15, 0.2) is 0 Å². The molecule has 0 atom stereocenters. The Bertz CT molecular complexity index is 87.2. The van der Waals surface area contributed by atoms with Crippen molar-refractivity contribution in [1.82, 2.24) is 0 Å². The molecule has 3 nitrogen and oxygen atoms in total. The zero-order chi connectivity index (χ0) is 11.8. The van der Waals surface area contributed by atoms with Gasteiger partial charge in [0.1, 0.15) is 0 Å². The molecule has 0 spiro atoms. The maximum atomic E-state index is 8.56. The van der Waals surface area contributed by atoms with Gasteiger partial charge in [0, 0.05) is 44.8 Å². The first kappa shape index (κ1) is 30.1. The summed E-state index contributed by atoms with van der Waals surface area (Å²) in [6.45, 7) is 14.5. The van der Waals surface area contributed by atoms with E-state index in [1.165, 1.54) is 12.8 Å². The van der Waals surface area contributed by atoms with Crippen LogP contribution >= 0.6 is 0 Å². The smallest absolute Gasteiger partial charge is 0.450 e. The first-order valence-electron chi connectivity index (χ1n) is 4.65. The van der Waals surface area contributed by atoms with Crippen LogP contribution in [0.2, 0.25) is 0 Å². The van der Waals surface area contributed by atoms with Crippen LogP contribution in [-0.4, -0.2) is 16.4 Å². The molecule has 0 aliphatic carbocycles. The molecule has 0 aromatic heterocycles. The Morgan fingerprint density at radius 1 is 0.750 bits per heavy atom. The largest absolute Gasteiger partial charge is 0.503 e. The molecule has 0 aromatic rings. The molecule has 0 unspecified atom stereocenters.